The third-order valence-corrected chi connectivity index (χ3v) is 5.80. The maximum atomic E-state index is 10.0. The van der Waals surface area contributed by atoms with Gasteiger partial charge in [0.05, 0.1) is 0 Å². The van der Waals surface area contributed by atoms with Crippen LogP contribution in [0.3, 0.4) is 0 Å². The normalized spacial score (nSPS) is 19.8. The first-order valence-electron chi connectivity index (χ1n) is 10.6. The second-order valence-electron chi connectivity index (χ2n) is 7.81. The van der Waals surface area contributed by atoms with E-state index in [1.807, 2.05) is 0 Å². The highest BCUT2D eigenvalue weighted by atomic mass is 16.4. The first kappa shape index (κ1) is 21.5. The smallest absolute Gasteiger partial charge is 0.303 e. The van der Waals surface area contributed by atoms with Crippen molar-refractivity contribution in [1.82, 2.24) is 4.90 Å². The lowest BCUT2D eigenvalue weighted by atomic mass is 9.89. The average Bonchev–Trinajstić information content (AvgIpc) is 2.63. The predicted molar refractivity (Wildman–Crippen MR) is 103 cm³/mol. The number of unbranched alkanes of at least 4 members (excludes halogenated alkanes) is 4. The van der Waals surface area contributed by atoms with Gasteiger partial charge in [-0.05, 0) is 39.2 Å². The fraction of sp³-hybridized carbons (Fsp3) is 0.952. The fourth-order valence-electron chi connectivity index (χ4n) is 4.15. The number of carboxylic acid groups (broad SMARTS) is 1. The zero-order valence-corrected chi connectivity index (χ0v) is 16.3. The van der Waals surface area contributed by atoms with E-state index in [0.717, 1.165) is 24.9 Å². The molecule has 0 aromatic heterocycles. The Labute approximate surface area is 150 Å². The van der Waals surface area contributed by atoms with Crippen LogP contribution in [-0.2, 0) is 4.79 Å². The first-order chi connectivity index (χ1) is 11.6. The van der Waals surface area contributed by atoms with Crippen LogP contribution in [0.25, 0.3) is 0 Å². The lowest BCUT2D eigenvalue weighted by Crippen LogP contribution is -2.42. The maximum Gasteiger partial charge on any atom is 0.303 e. The third-order valence-electron chi connectivity index (χ3n) is 5.80. The van der Waals surface area contributed by atoms with Gasteiger partial charge in [-0.15, -0.1) is 0 Å². The van der Waals surface area contributed by atoms with Crippen LogP contribution in [0.4, 0.5) is 0 Å². The second-order valence-corrected chi connectivity index (χ2v) is 7.81. The Kier molecular flexibility index (Phi) is 12.2. The minimum absolute atomic E-state index is 0.337. The van der Waals surface area contributed by atoms with Crippen LogP contribution in [0.15, 0.2) is 0 Å². The van der Waals surface area contributed by atoms with Crippen LogP contribution < -0.4 is 0 Å². The van der Waals surface area contributed by atoms with Gasteiger partial charge in [-0.25, -0.2) is 0 Å². The number of carbonyl (C=O) groups is 1. The van der Waals surface area contributed by atoms with Crippen LogP contribution in [-0.4, -0.2) is 35.1 Å². The third kappa shape index (κ3) is 9.66. The summed E-state index contributed by atoms with van der Waals surface area (Å²) in [5.74, 6) is -0.670. The van der Waals surface area contributed by atoms with Gasteiger partial charge in [-0.1, -0.05) is 71.1 Å². The summed E-state index contributed by atoms with van der Waals surface area (Å²) < 4.78 is 0. The molecule has 0 aromatic carbocycles. The summed E-state index contributed by atoms with van der Waals surface area (Å²) in [7, 11) is 2.38. The molecule has 0 atom stereocenters. The standard InChI is InChI=1S/C13H25N.C8H16O2/c1-14(12-8-4-2-5-9-12)13-10-6-3-7-11-13;1-2-3-4-5-6-7-8(9)10/h12-13H,2-11H2,1H3;2-7H2,1H3,(H,9,10). The van der Waals surface area contributed by atoms with Gasteiger partial charge in [-0.3, -0.25) is 4.79 Å². The Bertz CT molecular complexity index is 289. The number of carboxylic acids is 1. The summed E-state index contributed by atoms with van der Waals surface area (Å²) in [5.41, 5.74) is 0. The molecule has 0 unspecified atom stereocenters. The van der Waals surface area contributed by atoms with Crippen LogP contribution in [0, 0.1) is 0 Å². The molecule has 2 aliphatic rings. The highest BCUT2D eigenvalue weighted by Crippen LogP contribution is 2.28. The van der Waals surface area contributed by atoms with Crippen molar-refractivity contribution in [2.75, 3.05) is 7.05 Å². The van der Waals surface area contributed by atoms with Crippen LogP contribution in [0.5, 0.6) is 0 Å². The van der Waals surface area contributed by atoms with E-state index in [4.69, 9.17) is 5.11 Å². The lowest BCUT2D eigenvalue weighted by Gasteiger charge is -2.39. The van der Waals surface area contributed by atoms with Crippen LogP contribution in [0.1, 0.15) is 110 Å². The number of aliphatic carboxylic acids is 1. The SMILES string of the molecule is CCCCCCCC(=O)O.CN(C1CCCCC1)C1CCCCC1. The molecular formula is C21H41NO2. The zero-order valence-electron chi connectivity index (χ0n) is 16.3. The second kappa shape index (κ2) is 13.7. The summed E-state index contributed by atoms with van der Waals surface area (Å²) in [6.45, 7) is 2.15. The van der Waals surface area contributed by atoms with Gasteiger partial charge in [0, 0.05) is 18.5 Å². The Morgan fingerprint density at radius 1 is 0.833 bits per heavy atom. The Morgan fingerprint density at radius 3 is 1.71 bits per heavy atom. The minimum atomic E-state index is -0.670. The Morgan fingerprint density at radius 2 is 1.29 bits per heavy atom. The van der Waals surface area contributed by atoms with E-state index in [1.54, 1.807) is 0 Å². The summed E-state index contributed by atoms with van der Waals surface area (Å²) in [6.07, 6.45) is 20.6. The first-order valence-corrected chi connectivity index (χ1v) is 10.6. The van der Waals surface area contributed by atoms with Gasteiger partial charge in [-0.2, -0.15) is 0 Å². The molecule has 0 aliphatic heterocycles. The minimum Gasteiger partial charge on any atom is -0.481 e. The molecule has 142 valence electrons. The predicted octanol–water partition coefficient (Wildman–Crippen LogP) is 6.02. The van der Waals surface area contributed by atoms with Crippen molar-refractivity contribution < 1.29 is 9.90 Å². The molecule has 0 amide bonds. The quantitative estimate of drug-likeness (QED) is 0.550. The Hall–Kier alpha value is -0.570. The van der Waals surface area contributed by atoms with Gasteiger partial charge in [0.2, 0.25) is 0 Å². The highest BCUT2D eigenvalue weighted by molar-refractivity contribution is 5.66. The van der Waals surface area contributed by atoms with Crippen molar-refractivity contribution in [3.8, 4) is 0 Å². The average molecular weight is 340 g/mol. The van der Waals surface area contributed by atoms with E-state index < -0.39 is 5.97 Å². The molecule has 2 rings (SSSR count). The molecule has 2 fully saturated rings. The topological polar surface area (TPSA) is 40.5 Å². The van der Waals surface area contributed by atoms with Gasteiger partial charge in [0.25, 0.3) is 0 Å². The van der Waals surface area contributed by atoms with Gasteiger partial charge >= 0.3 is 5.97 Å². The molecular weight excluding hydrogens is 298 g/mol. The highest BCUT2D eigenvalue weighted by Gasteiger charge is 2.25. The molecule has 0 spiro atoms. The number of hydrogen-bond donors (Lipinski definition) is 1. The van der Waals surface area contributed by atoms with Crippen molar-refractivity contribution in [1.29, 1.82) is 0 Å². The van der Waals surface area contributed by atoms with E-state index >= 15 is 0 Å². The van der Waals surface area contributed by atoms with Crippen molar-refractivity contribution in [2.24, 2.45) is 0 Å². The van der Waals surface area contributed by atoms with E-state index in [0.29, 0.717) is 6.42 Å². The van der Waals surface area contributed by atoms with Crippen LogP contribution in [0.2, 0.25) is 0 Å². The van der Waals surface area contributed by atoms with Crippen molar-refractivity contribution in [3.63, 3.8) is 0 Å². The number of nitrogens with zero attached hydrogens (tertiary/aromatic N) is 1. The summed E-state index contributed by atoms with van der Waals surface area (Å²) >= 11 is 0. The van der Waals surface area contributed by atoms with Gasteiger partial charge < -0.3 is 10.0 Å². The zero-order chi connectivity index (χ0) is 17.6. The Balaban J connectivity index is 0.000000257. The summed E-state index contributed by atoms with van der Waals surface area (Å²) in [6, 6.07) is 1.85. The lowest BCUT2D eigenvalue weighted by molar-refractivity contribution is -0.137. The van der Waals surface area contributed by atoms with E-state index in [1.165, 1.54) is 83.5 Å². The molecule has 2 aliphatic carbocycles. The molecule has 1 N–H and O–H groups in total. The van der Waals surface area contributed by atoms with Crippen molar-refractivity contribution in [3.05, 3.63) is 0 Å². The van der Waals surface area contributed by atoms with Gasteiger partial charge in [0.1, 0.15) is 0 Å². The van der Waals surface area contributed by atoms with Crippen LogP contribution >= 0.6 is 0 Å². The maximum absolute atomic E-state index is 10.0. The van der Waals surface area contributed by atoms with Gasteiger partial charge in [0.15, 0.2) is 0 Å². The van der Waals surface area contributed by atoms with E-state index in [9.17, 15) is 4.79 Å². The largest absolute Gasteiger partial charge is 0.481 e. The molecule has 24 heavy (non-hydrogen) atoms. The molecule has 0 saturated heterocycles. The fourth-order valence-corrected chi connectivity index (χ4v) is 4.15. The summed E-state index contributed by atoms with van der Waals surface area (Å²) in [4.78, 5) is 12.8. The summed E-state index contributed by atoms with van der Waals surface area (Å²) in [5, 5.41) is 8.27. The monoisotopic (exact) mass is 339 g/mol. The molecule has 0 bridgehead atoms. The number of hydrogen-bond acceptors (Lipinski definition) is 2. The molecule has 3 heteroatoms. The van der Waals surface area contributed by atoms with E-state index in [2.05, 4.69) is 18.9 Å². The van der Waals surface area contributed by atoms with E-state index in [-0.39, 0.29) is 0 Å². The molecule has 2 saturated carbocycles. The number of rotatable bonds is 8. The van der Waals surface area contributed by atoms with Crippen molar-refractivity contribution in [2.45, 2.75) is 122 Å². The molecule has 0 radical (unpaired) electrons. The van der Waals surface area contributed by atoms with Crippen molar-refractivity contribution >= 4 is 5.97 Å². The molecule has 0 heterocycles. The molecule has 0 aromatic rings. The molecule has 3 nitrogen and oxygen atoms in total.